The third-order valence-electron chi connectivity index (χ3n) is 6.27. The van der Waals surface area contributed by atoms with Crippen LogP contribution < -0.4 is 0 Å². The molecule has 0 radical (unpaired) electrons. The number of hydrogen-bond acceptors (Lipinski definition) is 3. The summed E-state index contributed by atoms with van der Waals surface area (Å²) in [5, 5.41) is 8.22. The van der Waals surface area contributed by atoms with Crippen molar-refractivity contribution in [2.24, 2.45) is 5.41 Å². The van der Waals surface area contributed by atoms with Gasteiger partial charge in [0, 0.05) is 13.1 Å². The van der Waals surface area contributed by atoms with E-state index in [2.05, 4.69) is 10.3 Å². The highest BCUT2D eigenvalue weighted by molar-refractivity contribution is 6.30. The first-order valence-corrected chi connectivity index (χ1v) is 10.0. The van der Waals surface area contributed by atoms with Crippen molar-refractivity contribution in [2.75, 3.05) is 13.1 Å². The molecule has 0 atom stereocenters. The van der Waals surface area contributed by atoms with Gasteiger partial charge >= 0.3 is 0 Å². The number of piperidine rings is 1. The summed E-state index contributed by atoms with van der Waals surface area (Å²) >= 11 is 5.87. The van der Waals surface area contributed by atoms with Crippen molar-refractivity contribution in [1.82, 2.24) is 19.9 Å². The minimum Gasteiger partial charge on any atom is -0.337 e. The second-order valence-corrected chi connectivity index (χ2v) is 8.29. The van der Waals surface area contributed by atoms with Crippen LogP contribution >= 0.6 is 11.6 Å². The summed E-state index contributed by atoms with van der Waals surface area (Å²) in [5.41, 5.74) is 2.04. The Balaban J connectivity index is 1.50. The molecule has 1 aliphatic heterocycles. The standard InChI is InChI=1S/C20H24ClFN4O/c1-14-18(23-24-26(14)15-5-6-17(22)16(21)13-15)19(27)25-11-9-20(10-12-25)7-3-2-4-8-20/h5-6,13H,2-4,7-12H2,1H3. The van der Waals surface area contributed by atoms with Crippen molar-refractivity contribution in [3.63, 3.8) is 0 Å². The zero-order valence-corrected chi connectivity index (χ0v) is 16.3. The number of halogens is 2. The molecule has 0 N–H and O–H groups in total. The Morgan fingerprint density at radius 2 is 1.85 bits per heavy atom. The number of rotatable bonds is 2. The Hall–Kier alpha value is -1.95. The van der Waals surface area contributed by atoms with Gasteiger partial charge in [0.1, 0.15) is 5.82 Å². The predicted molar refractivity (Wildman–Crippen MR) is 102 cm³/mol. The van der Waals surface area contributed by atoms with E-state index in [-0.39, 0.29) is 10.9 Å². The van der Waals surface area contributed by atoms with Gasteiger partial charge in [-0.25, -0.2) is 9.07 Å². The second-order valence-electron chi connectivity index (χ2n) is 7.89. The number of carbonyl (C=O) groups excluding carboxylic acids is 1. The van der Waals surface area contributed by atoms with Gasteiger partial charge in [0.05, 0.1) is 16.4 Å². The Morgan fingerprint density at radius 1 is 1.15 bits per heavy atom. The molecule has 1 amide bonds. The van der Waals surface area contributed by atoms with Crippen LogP contribution in [0.2, 0.25) is 5.02 Å². The van der Waals surface area contributed by atoms with Crippen molar-refractivity contribution in [2.45, 2.75) is 51.9 Å². The molecular weight excluding hydrogens is 367 g/mol. The third-order valence-corrected chi connectivity index (χ3v) is 6.56. The molecule has 1 aromatic heterocycles. The lowest BCUT2D eigenvalue weighted by Crippen LogP contribution is -2.44. The predicted octanol–water partition coefficient (Wildman–Crippen LogP) is 4.55. The largest absolute Gasteiger partial charge is 0.337 e. The van der Waals surface area contributed by atoms with Crippen LogP contribution in [-0.2, 0) is 0 Å². The maximum absolute atomic E-state index is 13.4. The molecule has 2 aliphatic rings. The summed E-state index contributed by atoms with van der Waals surface area (Å²) in [6.07, 6.45) is 8.76. The molecule has 0 bridgehead atoms. The monoisotopic (exact) mass is 390 g/mol. The van der Waals surface area contributed by atoms with Gasteiger partial charge in [0.15, 0.2) is 5.69 Å². The van der Waals surface area contributed by atoms with E-state index >= 15 is 0 Å². The van der Waals surface area contributed by atoms with E-state index in [1.807, 2.05) is 4.90 Å². The molecule has 5 nitrogen and oxygen atoms in total. The first kappa shape index (κ1) is 18.4. The molecule has 7 heteroatoms. The fraction of sp³-hybridized carbons (Fsp3) is 0.550. The van der Waals surface area contributed by atoms with Crippen LogP contribution in [0.3, 0.4) is 0 Å². The highest BCUT2D eigenvalue weighted by Gasteiger charge is 2.37. The smallest absolute Gasteiger partial charge is 0.276 e. The fourth-order valence-electron chi connectivity index (χ4n) is 4.52. The van der Waals surface area contributed by atoms with Crippen LogP contribution in [0.25, 0.3) is 5.69 Å². The summed E-state index contributed by atoms with van der Waals surface area (Å²) in [5.74, 6) is -0.558. The number of carbonyl (C=O) groups is 1. The van der Waals surface area contributed by atoms with Crippen molar-refractivity contribution in [1.29, 1.82) is 0 Å². The zero-order valence-electron chi connectivity index (χ0n) is 15.5. The van der Waals surface area contributed by atoms with Crippen molar-refractivity contribution in [3.05, 3.63) is 40.4 Å². The van der Waals surface area contributed by atoms with E-state index in [9.17, 15) is 9.18 Å². The molecule has 27 heavy (non-hydrogen) atoms. The van der Waals surface area contributed by atoms with Gasteiger partial charge in [0.25, 0.3) is 5.91 Å². The van der Waals surface area contributed by atoms with Crippen LogP contribution in [0.15, 0.2) is 18.2 Å². The molecular formula is C20H24ClFN4O. The molecule has 1 saturated carbocycles. The van der Waals surface area contributed by atoms with Gasteiger partial charge in [-0.1, -0.05) is 36.1 Å². The molecule has 0 unspecified atom stereocenters. The second kappa shape index (κ2) is 7.23. The average molecular weight is 391 g/mol. The first-order valence-electron chi connectivity index (χ1n) is 9.66. The van der Waals surface area contributed by atoms with Crippen LogP contribution in [0, 0.1) is 18.2 Å². The quantitative estimate of drug-likeness (QED) is 0.755. The summed E-state index contributed by atoms with van der Waals surface area (Å²) < 4.78 is 14.9. The average Bonchev–Trinajstić information content (AvgIpc) is 3.06. The summed E-state index contributed by atoms with van der Waals surface area (Å²) in [4.78, 5) is 14.9. The Labute approximate surface area is 163 Å². The minimum absolute atomic E-state index is 0.0177. The minimum atomic E-state index is -0.487. The summed E-state index contributed by atoms with van der Waals surface area (Å²) in [6.45, 7) is 3.37. The van der Waals surface area contributed by atoms with E-state index in [0.29, 0.717) is 22.5 Å². The van der Waals surface area contributed by atoms with Crippen molar-refractivity contribution in [3.8, 4) is 5.69 Å². The number of hydrogen-bond donors (Lipinski definition) is 0. The Kier molecular flexibility index (Phi) is 4.93. The van der Waals surface area contributed by atoms with Gasteiger partial charge in [0.2, 0.25) is 0 Å². The summed E-state index contributed by atoms with van der Waals surface area (Å²) in [7, 11) is 0. The molecule has 144 valence electrons. The van der Waals surface area contributed by atoms with Crippen molar-refractivity contribution >= 4 is 17.5 Å². The van der Waals surface area contributed by atoms with Gasteiger partial charge in [-0.05, 0) is 56.2 Å². The fourth-order valence-corrected chi connectivity index (χ4v) is 4.70. The van der Waals surface area contributed by atoms with E-state index in [0.717, 1.165) is 25.9 Å². The molecule has 2 aromatic rings. The van der Waals surface area contributed by atoms with Gasteiger partial charge < -0.3 is 4.90 Å². The highest BCUT2D eigenvalue weighted by atomic mass is 35.5. The summed E-state index contributed by atoms with van der Waals surface area (Å²) in [6, 6.07) is 4.35. The van der Waals surface area contributed by atoms with Gasteiger partial charge in [-0.2, -0.15) is 0 Å². The van der Waals surface area contributed by atoms with Crippen LogP contribution in [0.1, 0.15) is 61.1 Å². The molecule has 2 heterocycles. The number of amides is 1. The number of aromatic nitrogens is 3. The van der Waals surface area contributed by atoms with Crippen LogP contribution in [-0.4, -0.2) is 38.9 Å². The number of nitrogens with zero attached hydrogens (tertiary/aromatic N) is 4. The van der Waals surface area contributed by atoms with Crippen LogP contribution in [0.5, 0.6) is 0 Å². The van der Waals surface area contributed by atoms with Crippen LogP contribution in [0.4, 0.5) is 4.39 Å². The molecule has 4 rings (SSSR count). The maximum Gasteiger partial charge on any atom is 0.276 e. The molecule has 2 fully saturated rings. The van der Waals surface area contributed by atoms with Gasteiger partial charge in [-0.15, -0.1) is 5.10 Å². The van der Waals surface area contributed by atoms with E-state index in [1.54, 1.807) is 13.0 Å². The molecule has 1 aliphatic carbocycles. The molecule has 1 spiro atoms. The number of benzene rings is 1. The van der Waals surface area contributed by atoms with E-state index in [1.165, 1.54) is 48.9 Å². The maximum atomic E-state index is 13.4. The topological polar surface area (TPSA) is 51.0 Å². The molecule has 1 saturated heterocycles. The Bertz CT molecular complexity index is 850. The normalized spacial score (nSPS) is 19.4. The van der Waals surface area contributed by atoms with Gasteiger partial charge in [-0.3, -0.25) is 4.79 Å². The van der Waals surface area contributed by atoms with E-state index in [4.69, 9.17) is 11.6 Å². The number of likely N-dealkylation sites (tertiary alicyclic amines) is 1. The first-order chi connectivity index (χ1) is 13.0. The third kappa shape index (κ3) is 3.47. The zero-order chi connectivity index (χ0) is 19.0. The molecule has 1 aromatic carbocycles. The van der Waals surface area contributed by atoms with E-state index < -0.39 is 5.82 Å². The lowest BCUT2D eigenvalue weighted by molar-refractivity contribution is 0.0466. The van der Waals surface area contributed by atoms with Crippen molar-refractivity contribution < 1.29 is 9.18 Å². The SMILES string of the molecule is Cc1c(C(=O)N2CCC3(CCCCC3)CC2)nnn1-c1ccc(F)c(Cl)c1. The Morgan fingerprint density at radius 3 is 2.52 bits per heavy atom. The lowest BCUT2D eigenvalue weighted by Gasteiger charge is -2.44. The lowest BCUT2D eigenvalue weighted by atomic mass is 9.68. The highest BCUT2D eigenvalue weighted by Crippen LogP contribution is 2.44.